The molecule has 20 heavy (non-hydrogen) atoms. The number of fused-ring (bicyclic) bond motifs is 1. The highest BCUT2D eigenvalue weighted by Gasteiger charge is 2.08. The largest absolute Gasteiger partial charge is 0.397 e. The van der Waals surface area contributed by atoms with Gasteiger partial charge in [0.2, 0.25) is 0 Å². The molecule has 0 spiro atoms. The second-order valence-electron chi connectivity index (χ2n) is 4.68. The number of rotatable bonds is 2. The Bertz CT molecular complexity index is 764. The van der Waals surface area contributed by atoms with Crippen molar-refractivity contribution in [2.75, 3.05) is 11.1 Å². The zero-order valence-electron chi connectivity index (χ0n) is 11.0. The smallest absolute Gasteiger partial charge is 0.0643 e. The van der Waals surface area contributed by atoms with Crippen molar-refractivity contribution < 1.29 is 0 Å². The molecule has 0 atom stereocenters. The van der Waals surface area contributed by atoms with Crippen LogP contribution in [-0.4, -0.2) is 4.98 Å². The van der Waals surface area contributed by atoms with Gasteiger partial charge in [-0.1, -0.05) is 29.8 Å². The topological polar surface area (TPSA) is 50.9 Å². The fourth-order valence-electron chi connectivity index (χ4n) is 2.23. The molecule has 3 aromatic rings. The Morgan fingerprint density at radius 2 is 2.00 bits per heavy atom. The van der Waals surface area contributed by atoms with Gasteiger partial charge >= 0.3 is 0 Å². The van der Waals surface area contributed by atoms with Crippen molar-refractivity contribution in [1.29, 1.82) is 0 Å². The Labute approximate surface area is 122 Å². The highest BCUT2D eigenvalue weighted by molar-refractivity contribution is 6.33. The molecule has 0 fully saturated rings. The molecule has 0 bridgehead atoms. The third kappa shape index (κ3) is 2.17. The molecule has 1 aromatic heterocycles. The van der Waals surface area contributed by atoms with Crippen LogP contribution in [0.5, 0.6) is 0 Å². The van der Waals surface area contributed by atoms with Crippen LogP contribution in [0, 0.1) is 6.92 Å². The molecule has 0 saturated carbocycles. The summed E-state index contributed by atoms with van der Waals surface area (Å²) in [6.45, 7) is 2.01. The first-order valence-corrected chi connectivity index (χ1v) is 6.69. The SMILES string of the molecule is Cc1cccc(Cl)c1Nc1ccc2cnccc2c1N. The predicted molar refractivity (Wildman–Crippen MR) is 85.6 cm³/mol. The van der Waals surface area contributed by atoms with Gasteiger partial charge in [0.1, 0.15) is 0 Å². The number of nitrogens with one attached hydrogen (secondary N) is 1. The van der Waals surface area contributed by atoms with Gasteiger partial charge in [0.15, 0.2) is 0 Å². The molecule has 0 radical (unpaired) electrons. The molecule has 0 aliphatic heterocycles. The minimum atomic E-state index is 0.680. The summed E-state index contributed by atoms with van der Waals surface area (Å²) in [4.78, 5) is 4.10. The van der Waals surface area contributed by atoms with E-state index >= 15 is 0 Å². The molecule has 0 amide bonds. The lowest BCUT2D eigenvalue weighted by Crippen LogP contribution is -1.99. The zero-order valence-corrected chi connectivity index (χ0v) is 11.8. The van der Waals surface area contributed by atoms with E-state index < -0.39 is 0 Å². The van der Waals surface area contributed by atoms with E-state index in [1.165, 1.54) is 0 Å². The van der Waals surface area contributed by atoms with Crippen LogP contribution in [0.25, 0.3) is 10.8 Å². The van der Waals surface area contributed by atoms with E-state index in [0.29, 0.717) is 10.7 Å². The quantitative estimate of drug-likeness (QED) is 0.680. The number of halogens is 1. The van der Waals surface area contributed by atoms with Gasteiger partial charge < -0.3 is 11.1 Å². The van der Waals surface area contributed by atoms with Crippen LogP contribution in [0.3, 0.4) is 0 Å². The van der Waals surface area contributed by atoms with E-state index in [0.717, 1.165) is 27.7 Å². The highest BCUT2D eigenvalue weighted by Crippen LogP contribution is 2.34. The molecular formula is C16H14ClN3. The lowest BCUT2D eigenvalue weighted by Gasteiger charge is -2.14. The average Bonchev–Trinajstić information content (AvgIpc) is 2.45. The summed E-state index contributed by atoms with van der Waals surface area (Å²) in [6, 6.07) is 11.6. The van der Waals surface area contributed by atoms with Gasteiger partial charge in [-0.15, -0.1) is 0 Å². The number of aryl methyl sites for hydroxylation is 1. The summed E-state index contributed by atoms with van der Waals surface area (Å²) in [5.74, 6) is 0. The van der Waals surface area contributed by atoms with Crippen molar-refractivity contribution in [1.82, 2.24) is 4.98 Å². The number of aromatic nitrogens is 1. The zero-order chi connectivity index (χ0) is 14.1. The average molecular weight is 284 g/mol. The van der Waals surface area contributed by atoms with Crippen LogP contribution in [0.15, 0.2) is 48.8 Å². The Hall–Kier alpha value is -2.26. The first kappa shape index (κ1) is 12.8. The standard InChI is InChI=1S/C16H14ClN3/c1-10-3-2-4-13(17)16(10)20-14-6-5-11-9-19-8-7-12(11)15(14)18/h2-9,20H,18H2,1H3. The van der Waals surface area contributed by atoms with Crippen molar-refractivity contribution in [2.24, 2.45) is 0 Å². The van der Waals surface area contributed by atoms with E-state index in [-0.39, 0.29) is 0 Å². The van der Waals surface area contributed by atoms with Gasteiger partial charge in [-0.25, -0.2) is 0 Å². The number of nitrogens with zero attached hydrogens (tertiary/aromatic N) is 1. The minimum absolute atomic E-state index is 0.680. The molecule has 3 N–H and O–H groups in total. The fourth-order valence-corrected chi connectivity index (χ4v) is 2.50. The molecule has 1 heterocycles. The first-order valence-electron chi connectivity index (χ1n) is 6.31. The summed E-state index contributed by atoms with van der Waals surface area (Å²) < 4.78 is 0. The van der Waals surface area contributed by atoms with Crippen LogP contribution < -0.4 is 11.1 Å². The summed E-state index contributed by atoms with van der Waals surface area (Å²) in [5.41, 5.74) is 9.74. The second kappa shape index (κ2) is 5.02. The molecule has 100 valence electrons. The van der Waals surface area contributed by atoms with Crippen LogP contribution >= 0.6 is 11.6 Å². The molecule has 0 saturated heterocycles. The summed E-state index contributed by atoms with van der Waals surface area (Å²) >= 11 is 6.24. The van der Waals surface area contributed by atoms with E-state index in [9.17, 15) is 0 Å². The van der Waals surface area contributed by atoms with Gasteiger partial charge in [-0.05, 0) is 30.7 Å². The predicted octanol–water partition coefficient (Wildman–Crippen LogP) is 4.52. The Balaban J connectivity index is 2.10. The maximum atomic E-state index is 6.24. The van der Waals surface area contributed by atoms with Gasteiger partial charge in [0, 0.05) is 23.2 Å². The third-order valence-electron chi connectivity index (χ3n) is 3.34. The van der Waals surface area contributed by atoms with E-state index in [2.05, 4.69) is 10.3 Å². The monoisotopic (exact) mass is 283 g/mol. The number of nitrogens with two attached hydrogens (primary N) is 1. The van der Waals surface area contributed by atoms with E-state index in [4.69, 9.17) is 17.3 Å². The third-order valence-corrected chi connectivity index (χ3v) is 3.66. The number of hydrogen-bond donors (Lipinski definition) is 2. The molecule has 0 unspecified atom stereocenters. The number of hydrogen-bond acceptors (Lipinski definition) is 3. The number of nitrogen functional groups attached to an aromatic ring is 1. The van der Waals surface area contributed by atoms with Crippen LogP contribution in [0.1, 0.15) is 5.56 Å². The van der Waals surface area contributed by atoms with Crippen molar-refractivity contribution in [3.8, 4) is 0 Å². The summed E-state index contributed by atoms with van der Waals surface area (Å²) in [6.07, 6.45) is 3.54. The molecular weight excluding hydrogens is 270 g/mol. The lowest BCUT2D eigenvalue weighted by atomic mass is 10.1. The molecule has 3 nitrogen and oxygen atoms in total. The second-order valence-corrected chi connectivity index (χ2v) is 5.09. The molecule has 3 rings (SSSR count). The Kier molecular flexibility index (Phi) is 3.20. The van der Waals surface area contributed by atoms with Crippen LogP contribution in [0.2, 0.25) is 5.02 Å². The maximum absolute atomic E-state index is 6.24. The maximum Gasteiger partial charge on any atom is 0.0643 e. The number of anilines is 3. The van der Waals surface area contributed by atoms with Crippen molar-refractivity contribution >= 4 is 39.4 Å². The van der Waals surface area contributed by atoms with Crippen LogP contribution in [0.4, 0.5) is 17.1 Å². The van der Waals surface area contributed by atoms with E-state index in [1.807, 2.05) is 43.3 Å². The molecule has 0 aliphatic rings. The number of para-hydroxylation sites is 1. The number of benzene rings is 2. The van der Waals surface area contributed by atoms with Gasteiger partial charge in [-0.2, -0.15) is 0 Å². The Morgan fingerprint density at radius 1 is 1.15 bits per heavy atom. The van der Waals surface area contributed by atoms with Crippen LogP contribution in [-0.2, 0) is 0 Å². The van der Waals surface area contributed by atoms with Gasteiger partial charge in [0.25, 0.3) is 0 Å². The molecule has 4 heteroatoms. The molecule has 2 aromatic carbocycles. The van der Waals surface area contributed by atoms with Crippen molar-refractivity contribution in [3.63, 3.8) is 0 Å². The van der Waals surface area contributed by atoms with Crippen molar-refractivity contribution in [3.05, 3.63) is 59.4 Å². The highest BCUT2D eigenvalue weighted by atomic mass is 35.5. The van der Waals surface area contributed by atoms with E-state index in [1.54, 1.807) is 12.4 Å². The van der Waals surface area contributed by atoms with Gasteiger partial charge in [0.05, 0.1) is 22.1 Å². The summed E-state index contributed by atoms with van der Waals surface area (Å²) in [5, 5.41) is 6.00. The first-order chi connectivity index (χ1) is 9.66. The molecule has 0 aliphatic carbocycles. The summed E-state index contributed by atoms with van der Waals surface area (Å²) in [7, 11) is 0. The normalized spacial score (nSPS) is 10.7. The minimum Gasteiger partial charge on any atom is -0.397 e. The van der Waals surface area contributed by atoms with Crippen molar-refractivity contribution in [2.45, 2.75) is 6.92 Å². The fraction of sp³-hybridized carbons (Fsp3) is 0.0625. The van der Waals surface area contributed by atoms with Gasteiger partial charge in [-0.3, -0.25) is 4.98 Å². The lowest BCUT2D eigenvalue weighted by molar-refractivity contribution is 1.36. The Morgan fingerprint density at radius 3 is 2.80 bits per heavy atom. The number of pyridine rings is 1.